The van der Waals surface area contributed by atoms with E-state index in [2.05, 4.69) is 5.10 Å². The van der Waals surface area contributed by atoms with Crippen LogP contribution in [0.15, 0.2) is 95.6 Å². The molecule has 0 saturated carbocycles. The molecule has 0 saturated heterocycles. The smallest absolute Gasteiger partial charge is 0.267 e. The molecular formula is C22H15ClN2O. The molecular weight excluding hydrogens is 344 g/mol. The van der Waals surface area contributed by atoms with Crippen LogP contribution in [0.3, 0.4) is 0 Å². The molecule has 1 amide bonds. The Balaban J connectivity index is 1.82. The lowest BCUT2D eigenvalue weighted by Crippen LogP contribution is -2.21. The summed E-state index contributed by atoms with van der Waals surface area (Å²) in [5, 5.41) is 6.65. The van der Waals surface area contributed by atoms with Crippen LogP contribution >= 0.6 is 11.6 Å². The first kappa shape index (κ1) is 16.3. The lowest BCUT2D eigenvalue weighted by molar-refractivity contribution is -0.114. The molecule has 1 heterocycles. The maximum absolute atomic E-state index is 13.1. The summed E-state index contributed by atoms with van der Waals surface area (Å²) in [5.41, 5.74) is 3.77. The fourth-order valence-electron chi connectivity index (χ4n) is 2.83. The van der Waals surface area contributed by atoms with E-state index in [-0.39, 0.29) is 5.91 Å². The molecule has 126 valence electrons. The molecule has 0 aliphatic carbocycles. The Labute approximate surface area is 156 Å². The monoisotopic (exact) mass is 358 g/mol. The standard InChI is InChI=1S/C22H15ClN2O/c23-18-11-13-19(14-12-18)25-22(26)20(15-16-7-3-1-4-8-16)21(24-25)17-9-5-2-6-10-17/h1-15H/b20-15-. The summed E-state index contributed by atoms with van der Waals surface area (Å²) in [6.07, 6.45) is 1.88. The van der Waals surface area contributed by atoms with Gasteiger partial charge in [0.1, 0.15) is 5.71 Å². The second-order valence-electron chi connectivity index (χ2n) is 5.88. The molecule has 0 atom stereocenters. The van der Waals surface area contributed by atoms with Crippen LogP contribution in [0.4, 0.5) is 5.69 Å². The van der Waals surface area contributed by atoms with Crippen LogP contribution in [0.2, 0.25) is 5.02 Å². The summed E-state index contributed by atoms with van der Waals surface area (Å²) < 4.78 is 0. The number of amides is 1. The van der Waals surface area contributed by atoms with E-state index in [4.69, 9.17) is 11.6 Å². The van der Waals surface area contributed by atoms with E-state index in [0.717, 1.165) is 11.1 Å². The number of hydrogen-bond acceptors (Lipinski definition) is 2. The fraction of sp³-hybridized carbons (Fsp3) is 0. The van der Waals surface area contributed by atoms with Crippen molar-refractivity contribution in [1.29, 1.82) is 0 Å². The van der Waals surface area contributed by atoms with Crippen LogP contribution in [-0.4, -0.2) is 11.6 Å². The molecule has 0 bridgehead atoms. The van der Waals surface area contributed by atoms with Crippen LogP contribution < -0.4 is 5.01 Å². The lowest BCUT2D eigenvalue weighted by Gasteiger charge is -2.11. The van der Waals surface area contributed by atoms with Crippen molar-refractivity contribution in [3.05, 3.63) is 107 Å². The number of halogens is 1. The maximum atomic E-state index is 13.1. The van der Waals surface area contributed by atoms with E-state index in [9.17, 15) is 4.79 Å². The highest BCUT2D eigenvalue weighted by atomic mass is 35.5. The Morgan fingerprint density at radius 3 is 2.08 bits per heavy atom. The number of rotatable bonds is 3. The van der Waals surface area contributed by atoms with Crippen molar-refractivity contribution in [2.45, 2.75) is 0 Å². The summed E-state index contributed by atoms with van der Waals surface area (Å²) in [6.45, 7) is 0. The minimum absolute atomic E-state index is 0.157. The van der Waals surface area contributed by atoms with Crippen molar-refractivity contribution in [1.82, 2.24) is 0 Å². The minimum Gasteiger partial charge on any atom is -0.267 e. The number of hydrogen-bond donors (Lipinski definition) is 0. The summed E-state index contributed by atoms with van der Waals surface area (Å²) in [7, 11) is 0. The van der Waals surface area contributed by atoms with Gasteiger partial charge in [-0.2, -0.15) is 10.1 Å². The molecule has 0 spiro atoms. The zero-order valence-corrected chi connectivity index (χ0v) is 14.6. The highest BCUT2D eigenvalue weighted by Crippen LogP contribution is 2.28. The molecule has 26 heavy (non-hydrogen) atoms. The van der Waals surface area contributed by atoms with Crippen molar-refractivity contribution in [2.75, 3.05) is 5.01 Å². The molecule has 0 aromatic heterocycles. The SMILES string of the molecule is O=C1/C(=C\c2ccccc2)C(c2ccccc2)=NN1c1ccc(Cl)cc1. The van der Waals surface area contributed by atoms with Crippen molar-refractivity contribution in [3.8, 4) is 0 Å². The van der Waals surface area contributed by atoms with E-state index in [1.54, 1.807) is 24.3 Å². The molecule has 4 heteroatoms. The number of nitrogens with zero attached hydrogens (tertiary/aromatic N) is 2. The van der Waals surface area contributed by atoms with E-state index >= 15 is 0 Å². The van der Waals surface area contributed by atoms with E-state index in [1.807, 2.05) is 66.7 Å². The lowest BCUT2D eigenvalue weighted by atomic mass is 10.0. The Hall–Kier alpha value is -3.17. The van der Waals surface area contributed by atoms with Crippen molar-refractivity contribution < 1.29 is 4.79 Å². The third kappa shape index (κ3) is 3.17. The fourth-order valence-corrected chi connectivity index (χ4v) is 2.95. The average Bonchev–Trinajstić information content (AvgIpc) is 3.01. The number of anilines is 1. The number of hydrazone groups is 1. The quantitative estimate of drug-likeness (QED) is 0.594. The zero-order valence-electron chi connectivity index (χ0n) is 13.8. The number of benzene rings is 3. The van der Waals surface area contributed by atoms with Gasteiger partial charge >= 0.3 is 0 Å². The summed E-state index contributed by atoms with van der Waals surface area (Å²) >= 11 is 5.96. The molecule has 3 nitrogen and oxygen atoms in total. The molecule has 1 aliphatic rings. The highest BCUT2D eigenvalue weighted by Gasteiger charge is 2.31. The van der Waals surface area contributed by atoms with Gasteiger partial charge in [0.2, 0.25) is 0 Å². The van der Waals surface area contributed by atoms with Gasteiger partial charge in [0, 0.05) is 10.6 Å². The van der Waals surface area contributed by atoms with Crippen LogP contribution in [0.5, 0.6) is 0 Å². The minimum atomic E-state index is -0.157. The Kier molecular flexibility index (Phi) is 4.38. The van der Waals surface area contributed by atoms with E-state index in [1.165, 1.54) is 5.01 Å². The highest BCUT2D eigenvalue weighted by molar-refractivity contribution is 6.37. The second-order valence-corrected chi connectivity index (χ2v) is 6.31. The third-order valence-electron chi connectivity index (χ3n) is 4.11. The van der Waals surface area contributed by atoms with Gasteiger partial charge in [-0.25, -0.2) is 0 Å². The number of carbonyl (C=O) groups excluding carboxylic acids is 1. The maximum Gasteiger partial charge on any atom is 0.281 e. The van der Waals surface area contributed by atoms with E-state index in [0.29, 0.717) is 22.0 Å². The van der Waals surface area contributed by atoms with Gasteiger partial charge in [-0.1, -0.05) is 72.3 Å². The molecule has 0 N–H and O–H groups in total. The molecule has 4 rings (SSSR count). The first-order valence-electron chi connectivity index (χ1n) is 8.23. The van der Waals surface area contributed by atoms with Gasteiger partial charge in [0.05, 0.1) is 11.3 Å². The first-order valence-corrected chi connectivity index (χ1v) is 8.61. The predicted octanol–water partition coefficient (Wildman–Crippen LogP) is 5.17. The van der Waals surface area contributed by atoms with Gasteiger partial charge in [-0.05, 0) is 35.9 Å². The summed E-state index contributed by atoms with van der Waals surface area (Å²) in [6, 6.07) is 26.6. The van der Waals surface area contributed by atoms with Gasteiger partial charge < -0.3 is 0 Å². The van der Waals surface area contributed by atoms with Crippen LogP contribution in [0.25, 0.3) is 6.08 Å². The van der Waals surface area contributed by atoms with Crippen molar-refractivity contribution in [3.63, 3.8) is 0 Å². The first-order chi connectivity index (χ1) is 12.7. The largest absolute Gasteiger partial charge is 0.281 e. The topological polar surface area (TPSA) is 32.7 Å². The molecule has 3 aromatic carbocycles. The second kappa shape index (κ2) is 6.98. The summed E-state index contributed by atoms with van der Waals surface area (Å²) in [4.78, 5) is 13.1. The average molecular weight is 359 g/mol. The summed E-state index contributed by atoms with van der Waals surface area (Å²) in [5.74, 6) is -0.157. The molecule has 0 fully saturated rings. The third-order valence-corrected chi connectivity index (χ3v) is 4.36. The van der Waals surface area contributed by atoms with Gasteiger partial charge in [-0.15, -0.1) is 0 Å². The molecule has 0 radical (unpaired) electrons. The van der Waals surface area contributed by atoms with Crippen LogP contribution in [0.1, 0.15) is 11.1 Å². The van der Waals surface area contributed by atoms with Crippen molar-refractivity contribution in [2.24, 2.45) is 5.10 Å². The molecule has 0 unspecified atom stereocenters. The van der Waals surface area contributed by atoms with E-state index < -0.39 is 0 Å². The van der Waals surface area contributed by atoms with Gasteiger partial charge in [-0.3, -0.25) is 4.79 Å². The Morgan fingerprint density at radius 2 is 1.42 bits per heavy atom. The Bertz CT molecular complexity index is 993. The normalized spacial score (nSPS) is 15.4. The Morgan fingerprint density at radius 1 is 0.808 bits per heavy atom. The van der Waals surface area contributed by atoms with Gasteiger partial charge in [0.25, 0.3) is 5.91 Å². The zero-order chi connectivity index (χ0) is 17.9. The van der Waals surface area contributed by atoms with Crippen molar-refractivity contribution >= 4 is 35.0 Å². The molecule has 3 aromatic rings. The van der Waals surface area contributed by atoms with Crippen LogP contribution in [-0.2, 0) is 4.79 Å². The number of carbonyl (C=O) groups is 1. The predicted molar refractivity (Wildman–Crippen MR) is 106 cm³/mol. The molecule has 1 aliphatic heterocycles. The van der Waals surface area contributed by atoms with Crippen LogP contribution in [0, 0.1) is 0 Å². The van der Waals surface area contributed by atoms with Gasteiger partial charge in [0.15, 0.2) is 0 Å².